The summed E-state index contributed by atoms with van der Waals surface area (Å²) in [6.07, 6.45) is 4.67. The van der Waals surface area contributed by atoms with Crippen molar-refractivity contribution in [1.82, 2.24) is 4.98 Å². The van der Waals surface area contributed by atoms with E-state index in [2.05, 4.69) is 42.2 Å². The van der Waals surface area contributed by atoms with Crippen LogP contribution in [0.5, 0.6) is 0 Å². The molecule has 5 nitrogen and oxygen atoms in total. The number of benzene rings is 3. The summed E-state index contributed by atoms with van der Waals surface area (Å²) in [6, 6.07) is 21.6. The minimum Gasteiger partial charge on any atom is -0.509 e. The number of pyridine rings is 1. The molecular formula is C36H36FIrN2O3-. The molecule has 0 saturated carbocycles. The van der Waals surface area contributed by atoms with Gasteiger partial charge in [-0.3, -0.25) is 9.79 Å². The van der Waals surface area contributed by atoms with Crippen molar-refractivity contribution in [2.45, 2.75) is 66.0 Å². The van der Waals surface area contributed by atoms with Crippen LogP contribution in [0.15, 0.2) is 82.0 Å². The number of halogens is 1. The molecule has 1 aliphatic heterocycles. The second kappa shape index (κ2) is 13.3. The van der Waals surface area contributed by atoms with Gasteiger partial charge in [0.25, 0.3) is 0 Å². The summed E-state index contributed by atoms with van der Waals surface area (Å²) in [5, 5.41) is 14.2. The molecule has 5 aromatic rings. The fraction of sp³-hybridized carbons (Fsp3) is 0.306. The summed E-state index contributed by atoms with van der Waals surface area (Å²) < 4.78 is 20.3. The van der Waals surface area contributed by atoms with E-state index in [4.69, 9.17) is 9.41 Å². The van der Waals surface area contributed by atoms with Gasteiger partial charge in [0.15, 0.2) is 11.5 Å². The van der Waals surface area contributed by atoms with Crippen LogP contribution in [-0.2, 0) is 24.9 Å². The zero-order valence-corrected chi connectivity index (χ0v) is 27.5. The number of alkyl halides is 1. The number of fused-ring (bicyclic) bond motifs is 4. The molecule has 7 heteroatoms. The summed E-state index contributed by atoms with van der Waals surface area (Å²) in [5.41, 5.74) is 4.98. The summed E-state index contributed by atoms with van der Waals surface area (Å²) in [7, 11) is 0. The van der Waals surface area contributed by atoms with Crippen LogP contribution in [0.25, 0.3) is 44.0 Å². The zero-order chi connectivity index (χ0) is 30.0. The maximum Gasteiger partial charge on any atom is 0.166 e. The number of aromatic nitrogens is 1. The third-order valence-corrected chi connectivity index (χ3v) is 8.36. The van der Waals surface area contributed by atoms with E-state index in [1.807, 2.05) is 44.2 Å². The van der Waals surface area contributed by atoms with Crippen molar-refractivity contribution in [1.29, 1.82) is 0 Å². The van der Waals surface area contributed by atoms with Crippen LogP contribution in [0.2, 0.25) is 0 Å². The minimum atomic E-state index is -1.75. The third kappa shape index (κ3) is 5.93. The molecule has 43 heavy (non-hydrogen) atoms. The summed E-state index contributed by atoms with van der Waals surface area (Å²) in [6.45, 7) is 9.23. The Morgan fingerprint density at radius 2 is 1.81 bits per heavy atom. The van der Waals surface area contributed by atoms with E-state index in [0.29, 0.717) is 0 Å². The number of hydrogen-bond donors (Lipinski definition) is 1. The van der Waals surface area contributed by atoms with Gasteiger partial charge in [0, 0.05) is 60.3 Å². The average Bonchev–Trinajstić information content (AvgIpc) is 3.55. The molecule has 2 aromatic heterocycles. The first-order chi connectivity index (χ1) is 20.3. The average molecular weight is 756 g/mol. The van der Waals surface area contributed by atoms with E-state index in [1.54, 1.807) is 20.0 Å². The first-order valence-corrected chi connectivity index (χ1v) is 14.7. The van der Waals surface area contributed by atoms with Crippen molar-refractivity contribution >= 4 is 49.9 Å². The zero-order valence-electron chi connectivity index (χ0n) is 25.1. The van der Waals surface area contributed by atoms with Gasteiger partial charge in [0.05, 0.1) is 11.3 Å². The molecule has 0 fully saturated rings. The number of carbonyl (C=O) groups is 1. The molecule has 225 valence electrons. The van der Waals surface area contributed by atoms with Gasteiger partial charge in [0.1, 0.15) is 11.3 Å². The van der Waals surface area contributed by atoms with Gasteiger partial charge in [-0.2, -0.15) is 0 Å². The van der Waals surface area contributed by atoms with Gasteiger partial charge in [-0.25, -0.2) is 4.39 Å². The van der Waals surface area contributed by atoms with Gasteiger partial charge in [-0.15, -0.1) is 18.2 Å². The molecule has 3 aromatic carbocycles. The topological polar surface area (TPSA) is 75.7 Å². The minimum absolute atomic E-state index is 0. The Hall–Kier alpha value is -3.67. The van der Waals surface area contributed by atoms with E-state index in [9.17, 15) is 14.3 Å². The van der Waals surface area contributed by atoms with Gasteiger partial charge in [0.2, 0.25) is 0 Å². The van der Waals surface area contributed by atoms with Crippen LogP contribution < -0.4 is 0 Å². The molecule has 0 aliphatic carbocycles. The number of aliphatic hydroxyl groups excluding tert-OH is 1. The fourth-order valence-corrected chi connectivity index (χ4v) is 5.73. The predicted octanol–water partition coefficient (Wildman–Crippen LogP) is 10.0. The van der Waals surface area contributed by atoms with E-state index >= 15 is 0 Å². The Balaban J connectivity index is 0.000000219. The second-order valence-corrected chi connectivity index (χ2v) is 10.7. The van der Waals surface area contributed by atoms with Crippen molar-refractivity contribution in [3.8, 4) is 11.3 Å². The van der Waals surface area contributed by atoms with E-state index in [0.717, 1.165) is 68.9 Å². The third-order valence-electron chi connectivity index (χ3n) is 8.36. The summed E-state index contributed by atoms with van der Waals surface area (Å²) in [4.78, 5) is 20.9. The first kappa shape index (κ1) is 32.2. The Kier molecular flexibility index (Phi) is 9.99. The molecule has 0 bridgehead atoms. The van der Waals surface area contributed by atoms with Crippen LogP contribution in [0.3, 0.4) is 0 Å². The number of rotatable bonds is 8. The normalized spacial score (nSPS) is 12.8. The van der Waals surface area contributed by atoms with Crippen LogP contribution in [-0.4, -0.2) is 27.3 Å². The van der Waals surface area contributed by atoms with Gasteiger partial charge < -0.3 is 14.5 Å². The van der Waals surface area contributed by atoms with Crippen LogP contribution in [0, 0.1) is 12.0 Å². The van der Waals surface area contributed by atoms with Gasteiger partial charge >= 0.3 is 0 Å². The number of carbonyl (C=O) groups excluding carboxylic acids is 1. The number of nitrogens with zero attached hydrogens (tertiary/aromatic N) is 2. The molecule has 1 N–H and O–H groups in total. The first-order valence-electron chi connectivity index (χ1n) is 14.7. The summed E-state index contributed by atoms with van der Waals surface area (Å²) in [5.74, 6) is -0.707. The Labute approximate surface area is 265 Å². The molecule has 0 atom stereocenters. The van der Waals surface area contributed by atoms with Crippen LogP contribution in [0.4, 0.5) is 10.1 Å². The van der Waals surface area contributed by atoms with E-state index in [-0.39, 0.29) is 44.6 Å². The molecule has 1 radical (unpaired) electrons. The molecule has 0 unspecified atom stereocenters. The molecule has 0 amide bonds. The predicted molar refractivity (Wildman–Crippen MR) is 169 cm³/mol. The summed E-state index contributed by atoms with van der Waals surface area (Å²) >= 11 is 0. The molecule has 1 aliphatic rings. The van der Waals surface area contributed by atoms with Crippen LogP contribution in [0.1, 0.15) is 65.9 Å². The second-order valence-electron chi connectivity index (χ2n) is 10.7. The quantitative estimate of drug-likeness (QED) is 0.0972. The van der Waals surface area contributed by atoms with Crippen molar-refractivity contribution in [3.63, 3.8) is 0 Å². The largest absolute Gasteiger partial charge is 0.509 e. The van der Waals surface area contributed by atoms with Crippen molar-refractivity contribution in [2.24, 2.45) is 10.9 Å². The van der Waals surface area contributed by atoms with Gasteiger partial charge in [-0.1, -0.05) is 62.9 Å². The van der Waals surface area contributed by atoms with E-state index < -0.39 is 11.4 Å². The van der Waals surface area contributed by atoms with Crippen molar-refractivity contribution in [3.05, 3.63) is 84.3 Å². The standard InChI is InChI=1S/C23H13N2O.C13H23FO2.Ir/c1-13-20-21-14(6-4-10-18(21)25-13)12-19-22(20)16-8-5-7-15(23(16)26-19)17-9-2-3-11-24-17;1-5-10(6-2)11(15)9-12(16)13(14,7-3)8-4;/h2-6,8-12H,1H3;9-10,16H,5-8H2,1-4H3;/q-1;;/b;12-9-;. The monoisotopic (exact) mass is 756 g/mol. The fourth-order valence-electron chi connectivity index (χ4n) is 5.73. The SMILES string of the molecule is CC1=Nc2cccc3cc4oc5c(-c6ccccn6)[c-]ccc5c4c1c23.CCC(CC)C(=O)/C=C(\O)C(F)(CC)CC.[Ir]. The Morgan fingerprint density at radius 1 is 1.07 bits per heavy atom. The van der Waals surface area contributed by atoms with Crippen molar-refractivity contribution in [2.75, 3.05) is 0 Å². The van der Waals surface area contributed by atoms with Crippen molar-refractivity contribution < 1.29 is 38.8 Å². The Morgan fingerprint density at radius 3 is 2.47 bits per heavy atom. The molecule has 6 rings (SSSR count). The molecule has 3 heterocycles. The maximum absolute atomic E-state index is 14.0. The molecule has 0 spiro atoms. The number of hydrogen-bond acceptors (Lipinski definition) is 5. The van der Waals surface area contributed by atoms with E-state index in [1.165, 1.54) is 10.9 Å². The number of ketones is 1. The van der Waals surface area contributed by atoms with Crippen LogP contribution >= 0.6 is 0 Å². The number of furan rings is 1. The number of allylic oxidation sites excluding steroid dienone is 2. The maximum atomic E-state index is 14.0. The number of aliphatic hydroxyl groups is 1. The molecule has 0 saturated heterocycles. The smallest absolute Gasteiger partial charge is 0.166 e. The van der Waals surface area contributed by atoms with Gasteiger partial charge in [-0.05, 0) is 61.9 Å². The Bertz CT molecular complexity index is 1830. The molecular weight excluding hydrogens is 720 g/mol. The number of aliphatic imine (C=N–C) groups is 1.